The fraction of sp³-hybridized carbons (Fsp3) is 0.500. The summed E-state index contributed by atoms with van der Waals surface area (Å²) in [5, 5.41) is 8.32. The van der Waals surface area contributed by atoms with Gasteiger partial charge in [0.15, 0.2) is 0 Å². The molecular formula is C12H18N2O2S. The zero-order valence-electron chi connectivity index (χ0n) is 9.72. The first-order chi connectivity index (χ1) is 8.07. The molecule has 94 valence electrons. The van der Waals surface area contributed by atoms with Crippen molar-refractivity contribution in [2.24, 2.45) is 11.1 Å². The van der Waals surface area contributed by atoms with Crippen LogP contribution in [-0.4, -0.2) is 15.0 Å². The number of hydrogen-bond donors (Lipinski definition) is 2. The average Bonchev–Trinajstić information content (AvgIpc) is 2.21. The molecule has 1 aromatic carbocycles. The Morgan fingerprint density at radius 2 is 2.00 bits per heavy atom. The summed E-state index contributed by atoms with van der Waals surface area (Å²) in [7, 11) is -3.64. The number of anilines is 1. The molecule has 0 amide bonds. The lowest BCUT2D eigenvalue weighted by atomic mass is 9.83. The molecule has 1 saturated carbocycles. The molecule has 0 aliphatic heterocycles. The first kappa shape index (κ1) is 12.4. The number of benzene rings is 1. The minimum Gasteiger partial charge on any atom is -0.384 e. The zero-order chi connectivity index (χ0) is 12.3. The number of nitrogens with two attached hydrogens (primary N) is 1. The Kier molecular flexibility index (Phi) is 3.69. The molecule has 0 saturated heterocycles. The Labute approximate surface area is 102 Å². The third kappa shape index (κ3) is 3.20. The van der Waals surface area contributed by atoms with Gasteiger partial charge in [0, 0.05) is 6.54 Å². The third-order valence-electron chi connectivity index (χ3n) is 3.29. The molecule has 1 aromatic rings. The smallest absolute Gasteiger partial charge is 0.240 e. The van der Waals surface area contributed by atoms with Gasteiger partial charge in [-0.2, -0.15) is 0 Å². The van der Waals surface area contributed by atoms with E-state index in [0.717, 1.165) is 18.9 Å². The molecule has 0 atom stereocenters. The normalized spacial score (nSPS) is 16.5. The molecule has 0 radical (unpaired) electrons. The molecule has 1 aliphatic carbocycles. The lowest BCUT2D eigenvalue weighted by molar-refractivity contribution is 0.303. The summed E-state index contributed by atoms with van der Waals surface area (Å²) in [5.41, 5.74) is 0.606. The highest BCUT2D eigenvalue weighted by Gasteiger charge is 2.17. The van der Waals surface area contributed by atoms with Gasteiger partial charge in [0.05, 0.1) is 5.69 Å². The number of para-hydroxylation sites is 1. The van der Waals surface area contributed by atoms with Gasteiger partial charge in [-0.05, 0) is 24.5 Å². The van der Waals surface area contributed by atoms with E-state index in [-0.39, 0.29) is 4.90 Å². The minimum atomic E-state index is -3.64. The molecule has 1 aliphatic rings. The summed E-state index contributed by atoms with van der Waals surface area (Å²) in [4.78, 5) is 0.175. The van der Waals surface area contributed by atoms with Gasteiger partial charge in [0.2, 0.25) is 10.0 Å². The van der Waals surface area contributed by atoms with Gasteiger partial charge in [-0.25, -0.2) is 13.6 Å². The Morgan fingerprint density at radius 1 is 1.29 bits per heavy atom. The van der Waals surface area contributed by atoms with Crippen LogP contribution in [0.25, 0.3) is 0 Å². The van der Waals surface area contributed by atoms with Gasteiger partial charge in [0.1, 0.15) is 4.90 Å². The maximum absolute atomic E-state index is 11.4. The van der Waals surface area contributed by atoms with Gasteiger partial charge < -0.3 is 5.32 Å². The standard InChI is InChI=1S/C12H18N2O2S/c13-17(15,16)12-7-2-1-6-11(12)14-9-8-10-4-3-5-10/h1-2,6-7,10,14H,3-5,8-9H2,(H2,13,15,16). The highest BCUT2D eigenvalue weighted by Crippen LogP contribution is 2.29. The van der Waals surface area contributed by atoms with E-state index in [2.05, 4.69) is 5.32 Å². The summed E-state index contributed by atoms with van der Waals surface area (Å²) in [6.45, 7) is 0.803. The zero-order valence-corrected chi connectivity index (χ0v) is 10.5. The van der Waals surface area contributed by atoms with Gasteiger partial charge >= 0.3 is 0 Å². The van der Waals surface area contributed by atoms with Crippen molar-refractivity contribution < 1.29 is 8.42 Å². The molecule has 2 rings (SSSR count). The van der Waals surface area contributed by atoms with Crippen molar-refractivity contribution in [3.8, 4) is 0 Å². The Bertz CT molecular complexity index is 481. The van der Waals surface area contributed by atoms with Crippen molar-refractivity contribution >= 4 is 15.7 Å². The quantitative estimate of drug-likeness (QED) is 0.843. The summed E-state index contributed by atoms with van der Waals surface area (Å²) in [6.07, 6.45) is 5.04. The van der Waals surface area contributed by atoms with Crippen molar-refractivity contribution in [2.75, 3.05) is 11.9 Å². The SMILES string of the molecule is NS(=O)(=O)c1ccccc1NCCC1CCC1. The first-order valence-corrected chi connectivity index (χ1v) is 7.48. The number of primary sulfonamides is 1. The van der Waals surface area contributed by atoms with Gasteiger partial charge in [-0.3, -0.25) is 0 Å². The third-order valence-corrected chi connectivity index (χ3v) is 4.26. The van der Waals surface area contributed by atoms with Crippen molar-refractivity contribution in [3.63, 3.8) is 0 Å². The molecule has 17 heavy (non-hydrogen) atoms. The Balaban J connectivity index is 1.99. The van der Waals surface area contributed by atoms with Gasteiger partial charge in [-0.1, -0.05) is 31.4 Å². The number of hydrogen-bond acceptors (Lipinski definition) is 3. The molecule has 1 fully saturated rings. The topological polar surface area (TPSA) is 72.2 Å². The highest BCUT2D eigenvalue weighted by molar-refractivity contribution is 7.89. The van der Waals surface area contributed by atoms with E-state index in [4.69, 9.17) is 5.14 Å². The molecule has 0 heterocycles. The molecular weight excluding hydrogens is 236 g/mol. The van der Waals surface area contributed by atoms with Crippen LogP contribution in [0, 0.1) is 5.92 Å². The lowest BCUT2D eigenvalue weighted by Crippen LogP contribution is -2.18. The monoisotopic (exact) mass is 254 g/mol. The number of rotatable bonds is 5. The molecule has 4 nitrogen and oxygen atoms in total. The maximum Gasteiger partial charge on any atom is 0.240 e. The van der Waals surface area contributed by atoms with E-state index < -0.39 is 10.0 Å². The predicted octanol–water partition coefficient (Wildman–Crippen LogP) is 1.94. The number of sulfonamides is 1. The van der Waals surface area contributed by atoms with Crippen LogP contribution in [0.4, 0.5) is 5.69 Å². The molecule has 0 bridgehead atoms. The van der Waals surface area contributed by atoms with Crippen LogP contribution >= 0.6 is 0 Å². The highest BCUT2D eigenvalue weighted by atomic mass is 32.2. The van der Waals surface area contributed by atoms with Crippen molar-refractivity contribution in [2.45, 2.75) is 30.6 Å². The van der Waals surface area contributed by atoms with Crippen LogP contribution in [0.3, 0.4) is 0 Å². The fourth-order valence-electron chi connectivity index (χ4n) is 2.05. The van der Waals surface area contributed by atoms with E-state index >= 15 is 0 Å². The predicted molar refractivity (Wildman–Crippen MR) is 68.3 cm³/mol. The molecule has 3 N–H and O–H groups in total. The van der Waals surface area contributed by atoms with E-state index in [9.17, 15) is 8.42 Å². The van der Waals surface area contributed by atoms with Gasteiger partial charge in [-0.15, -0.1) is 0 Å². The van der Waals surface area contributed by atoms with E-state index in [0.29, 0.717) is 5.69 Å². The van der Waals surface area contributed by atoms with E-state index in [1.807, 2.05) is 0 Å². The molecule has 0 unspecified atom stereocenters. The van der Waals surface area contributed by atoms with Crippen LogP contribution < -0.4 is 10.5 Å². The second kappa shape index (κ2) is 5.06. The largest absolute Gasteiger partial charge is 0.384 e. The summed E-state index contributed by atoms with van der Waals surface area (Å²) in [6, 6.07) is 6.76. The van der Waals surface area contributed by atoms with Crippen LogP contribution in [0.2, 0.25) is 0 Å². The van der Waals surface area contributed by atoms with Crippen LogP contribution in [0.5, 0.6) is 0 Å². The lowest BCUT2D eigenvalue weighted by Gasteiger charge is -2.25. The maximum atomic E-state index is 11.4. The van der Waals surface area contributed by atoms with Crippen molar-refractivity contribution in [3.05, 3.63) is 24.3 Å². The average molecular weight is 254 g/mol. The van der Waals surface area contributed by atoms with Crippen molar-refractivity contribution in [1.82, 2.24) is 0 Å². The first-order valence-electron chi connectivity index (χ1n) is 5.93. The van der Waals surface area contributed by atoms with E-state index in [1.54, 1.807) is 18.2 Å². The van der Waals surface area contributed by atoms with Gasteiger partial charge in [0.25, 0.3) is 0 Å². The Morgan fingerprint density at radius 3 is 2.59 bits per heavy atom. The fourth-order valence-corrected chi connectivity index (χ4v) is 2.77. The van der Waals surface area contributed by atoms with Crippen LogP contribution in [0.1, 0.15) is 25.7 Å². The summed E-state index contributed by atoms with van der Waals surface area (Å²) >= 11 is 0. The van der Waals surface area contributed by atoms with E-state index in [1.165, 1.54) is 25.3 Å². The minimum absolute atomic E-state index is 0.175. The Hall–Kier alpha value is -1.07. The second-order valence-corrected chi connectivity index (χ2v) is 6.08. The number of nitrogens with one attached hydrogen (secondary N) is 1. The molecule has 5 heteroatoms. The molecule has 0 aromatic heterocycles. The van der Waals surface area contributed by atoms with Crippen LogP contribution in [-0.2, 0) is 10.0 Å². The van der Waals surface area contributed by atoms with Crippen LogP contribution in [0.15, 0.2) is 29.2 Å². The molecule has 0 spiro atoms. The second-order valence-electron chi connectivity index (χ2n) is 4.55. The van der Waals surface area contributed by atoms with Crippen molar-refractivity contribution in [1.29, 1.82) is 0 Å². The summed E-state index contributed by atoms with van der Waals surface area (Å²) in [5.74, 6) is 0.809. The summed E-state index contributed by atoms with van der Waals surface area (Å²) < 4.78 is 22.7.